The lowest BCUT2D eigenvalue weighted by atomic mass is 10.1. The highest BCUT2D eigenvalue weighted by Gasteiger charge is 2.37. The van der Waals surface area contributed by atoms with Gasteiger partial charge >= 0.3 is 0 Å². The molecule has 2 aliphatic rings. The fraction of sp³-hybridized carbons (Fsp3) is 0.429. The number of amides is 1. The Balaban J connectivity index is 1.38. The van der Waals surface area contributed by atoms with Gasteiger partial charge in [-0.3, -0.25) is 9.69 Å². The Labute approximate surface area is 164 Å². The van der Waals surface area contributed by atoms with Crippen LogP contribution >= 0.6 is 0 Å². The number of hydrogen-bond donors (Lipinski definition) is 0. The minimum Gasteiger partial charge on any atom is -0.354 e. The third kappa shape index (κ3) is 3.49. The largest absolute Gasteiger partial charge is 0.354 e. The second-order valence-corrected chi connectivity index (χ2v) is 7.55. The normalized spacial score (nSPS) is 20.6. The Morgan fingerprint density at radius 2 is 1.79 bits per heavy atom. The molecule has 7 nitrogen and oxygen atoms in total. The van der Waals surface area contributed by atoms with Gasteiger partial charge in [0.2, 0.25) is 5.91 Å². The fourth-order valence-corrected chi connectivity index (χ4v) is 4.04. The van der Waals surface area contributed by atoms with Gasteiger partial charge < -0.3 is 9.80 Å². The van der Waals surface area contributed by atoms with E-state index in [1.165, 1.54) is 17.3 Å². The van der Waals surface area contributed by atoms with E-state index in [1.54, 1.807) is 6.07 Å². The number of aromatic nitrogens is 1. The Morgan fingerprint density at radius 1 is 1.00 bits per heavy atom. The highest BCUT2D eigenvalue weighted by molar-refractivity contribution is 5.99. The first-order chi connectivity index (χ1) is 13.6. The predicted octanol–water partition coefficient (Wildman–Crippen LogP) is 3.02. The average Bonchev–Trinajstić information content (AvgIpc) is 3.11. The molecule has 3 heterocycles. The number of carbonyl (C=O) groups excluding carboxylic acids is 1. The van der Waals surface area contributed by atoms with Gasteiger partial charge in [-0.25, -0.2) is 4.98 Å². The van der Waals surface area contributed by atoms with E-state index >= 15 is 0 Å². The molecule has 0 N–H and O–H groups in total. The van der Waals surface area contributed by atoms with E-state index in [9.17, 15) is 9.70 Å². The molecule has 1 amide bonds. The zero-order chi connectivity index (χ0) is 19.7. The molecule has 7 heteroatoms. The molecule has 1 unspecified atom stereocenters. The summed E-state index contributed by atoms with van der Waals surface area (Å²) in [5.41, 5.74) is 3.80. The third-order valence-electron chi connectivity index (χ3n) is 5.90. The number of nitrogens with zero attached hydrogens (tertiary/aromatic N) is 5. The number of hydrogen-bond acceptors (Lipinski definition) is 6. The number of pyridine rings is 1. The van der Waals surface area contributed by atoms with E-state index in [0.717, 1.165) is 50.6 Å². The molecule has 4 rings (SSSR count). The van der Waals surface area contributed by atoms with Gasteiger partial charge in [0.05, 0.1) is 12.2 Å². The second-order valence-electron chi connectivity index (χ2n) is 7.55. The van der Waals surface area contributed by atoms with Crippen LogP contribution in [0.15, 0.2) is 41.7 Å². The molecule has 2 aromatic rings. The quantitative estimate of drug-likeness (QED) is 0.764. The van der Waals surface area contributed by atoms with Gasteiger partial charge in [0.15, 0.2) is 0 Å². The summed E-state index contributed by atoms with van der Waals surface area (Å²) in [7, 11) is 0. The van der Waals surface area contributed by atoms with Crippen molar-refractivity contribution in [3.63, 3.8) is 0 Å². The van der Waals surface area contributed by atoms with Crippen molar-refractivity contribution >= 4 is 23.1 Å². The number of carbonyl (C=O) groups is 1. The first kappa shape index (κ1) is 18.6. The maximum absolute atomic E-state index is 13.0. The van der Waals surface area contributed by atoms with Crippen LogP contribution in [0.25, 0.3) is 0 Å². The van der Waals surface area contributed by atoms with Crippen LogP contribution in [0.5, 0.6) is 0 Å². The minimum absolute atomic E-state index is 0.0432. The number of aryl methyl sites for hydroxylation is 2. The summed E-state index contributed by atoms with van der Waals surface area (Å²) in [6.45, 7) is 8.22. The smallest absolute Gasteiger partial charge is 0.244 e. The topological polar surface area (TPSA) is 69.1 Å². The van der Waals surface area contributed by atoms with Gasteiger partial charge in [-0.2, -0.15) is 0 Å². The van der Waals surface area contributed by atoms with E-state index in [4.69, 9.17) is 0 Å². The van der Waals surface area contributed by atoms with Crippen molar-refractivity contribution in [3.05, 3.63) is 52.6 Å². The summed E-state index contributed by atoms with van der Waals surface area (Å²) in [5.74, 6) is 1.05. The maximum atomic E-state index is 13.0. The van der Waals surface area contributed by atoms with Gasteiger partial charge in [-0.05, 0) is 60.8 Å². The number of benzene rings is 1. The SMILES string of the molecule is Cc1ccc(N2CCC(N3CCN(c4ccc(N=O)cn4)CC3)C2=O)cc1C. The van der Waals surface area contributed by atoms with Crippen molar-refractivity contribution < 1.29 is 4.79 Å². The van der Waals surface area contributed by atoms with E-state index in [0.29, 0.717) is 5.69 Å². The van der Waals surface area contributed by atoms with E-state index in [2.05, 4.69) is 45.9 Å². The standard InChI is InChI=1S/C21H25N5O2/c1-15-3-5-18(13-16(15)2)26-8-7-19(21(26)27)24-9-11-25(12-10-24)20-6-4-17(23-28)14-22-20/h3-6,13-14,19H,7-12H2,1-2H3. The molecule has 146 valence electrons. The van der Waals surface area contributed by atoms with Crippen molar-refractivity contribution in [2.24, 2.45) is 5.18 Å². The molecular weight excluding hydrogens is 354 g/mol. The predicted molar refractivity (Wildman–Crippen MR) is 110 cm³/mol. The lowest BCUT2D eigenvalue weighted by molar-refractivity contribution is -0.121. The van der Waals surface area contributed by atoms with Gasteiger partial charge in [0, 0.05) is 38.4 Å². The monoisotopic (exact) mass is 379 g/mol. The van der Waals surface area contributed by atoms with Crippen LogP contribution in [-0.4, -0.2) is 54.6 Å². The number of anilines is 2. The number of nitroso groups, excluding NO2 is 1. The zero-order valence-corrected chi connectivity index (χ0v) is 16.3. The second kappa shape index (κ2) is 7.67. The molecule has 0 spiro atoms. The molecule has 0 bridgehead atoms. The van der Waals surface area contributed by atoms with Crippen LogP contribution in [0.3, 0.4) is 0 Å². The van der Waals surface area contributed by atoms with Gasteiger partial charge in [-0.1, -0.05) is 6.07 Å². The van der Waals surface area contributed by atoms with Crippen LogP contribution < -0.4 is 9.80 Å². The highest BCUT2D eigenvalue weighted by atomic mass is 16.3. The Bertz CT molecular complexity index is 875. The molecule has 2 aliphatic heterocycles. The first-order valence-corrected chi connectivity index (χ1v) is 9.74. The van der Waals surface area contributed by atoms with E-state index in [-0.39, 0.29) is 11.9 Å². The van der Waals surface area contributed by atoms with Crippen LogP contribution in [0.2, 0.25) is 0 Å². The third-order valence-corrected chi connectivity index (χ3v) is 5.90. The van der Waals surface area contributed by atoms with Crippen LogP contribution in [0, 0.1) is 18.8 Å². The zero-order valence-electron chi connectivity index (χ0n) is 16.3. The van der Waals surface area contributed by atoms with E-state index in [1.807, 2.05) is 17.0 Å². The summed E-state index contributed by atoms with van der Waals surface area (Å²) in [4.78, 5) is 34.3. The Morgan fingerprint density at radius 3 is 2.43 bits per heavy atom. The number of piperazine rings is 1. The van der Waals surface area contributed by atoms with E-state index < -0.39 is 0 Å². The lowest BCUT2D eigenvalue weighted by Gasteiger charge is -2.37. The molecule has 0 aliphatic carbocycles. The molecule has 0 saturated carbocycles. The molecule has 1 aromatic carbocycles. The minimum atomic E-state index is -0.0432. The fourth-order valence-electron chi connectivity index (χ4n) is 4.04. The molecule has 0 radical (unpaired) electrons. The van der Waals surface area contributed by atoms with Crippen molar-refractivity contribution in [1.82, 2.24) is 9.88 Å². The summed E-state index contributed by atoms with van der Waals surface area (Å²) in [6.07, 6.45) is 2.36. The van der Waals surface area contributed by atoms with Crippen LogP contribution in [0.4, 0.5) is 17.2 Å². The molecule has 1 atom stereocenters. The van der Waals surface area contributed by atoms with Crippen LogP contribution in [0.1, 0.15) is 17.5 Å². The van der Waals surface area contributed by atoms with Crippen molar-refractivity contribution in [3.8, 4) is 0 Å². The molecule has 2 fully saturated rings. The first-order valence-electron chi connectivity index (χ1n) is 9.74. The number of rotatable bonds is 4. The van der Waals surface area contributed by atoms with Gasteiger partial charge in [0.1, 0.15) is 11.5 Å². The summed E-state index contributed by atoms with van der Waals surface area (Å²) in [5, 5.41) is 2.89. The van der Waals surface area contributed by atoms with Crippen LogP contribution in [-0.2, 0) is 4.79 Å². The summed E-state index contributed by atoms with van der Waals surface area (Å²) in [6, 6.07) is 9.71. The highest BCUT2D eigenvalue weighted by Crippen LogP contribution is 2.27. The van der Waals surface area contributed by atoms with Crippen molar-refractivity contribution in [2.45, 2.75) is 26.3 Å². The van der Waals surface area contributed by atoms with Gasteiger partial charge in [-0.15, -0.1) is 4.91 Å². The Kier molecular flexibility index (Phi) is 5.09. The van der Waals surface area contributed by atoms with Gasteiger partial charge in [0.25, 0.3) is 0 Å². The molecule has 1 aromatic heterocycles. The maximum Gasteiger partial charge on any atom is 0.244 e. The molecular formula is C21H25N5O2. The molecule has 28 heavy (non-hydrogen) atoms. The molecule has 2 saturated heterocycles. The average molecular weight is 379 g/mol. The van der Waals surface area contributed by atoms with Crippen molar-refractivity contribution in [1.29, 1.82) is 0 Å². The Hall–Kier alpha value is -2.80. The lowest BCUT2D eigenvalue weighted by Crippen LogP contribution is -2.52. The summed E-state index contributed by atoms with van der Waals surface area (Å²) >= 11 is 0. The van der Waals surface area contributed by atoms with Crippen molar-refractivity contribution in [2.75, 3.05) is 42.5 Å². The summed E-state index contributed by atoms with van der Waals surface area (Å²) < 4.78 is 0.